The summed E-state index contributed by atoms with van der Waals surface area (Å²) in [6.07, 6.45) is 1.26. The van der Waals surface area contributed by atoms with E-state index in [0.717, 1.165) is 31.6 Å². The maximum atomic E-state index is 10.5. The van der Waals surface area contributed by atoms with E-state index in [-0.39, 0.29) is 5.54 Å². The Morgan fingerprint density at radius 1 is 1.29 bits per heavy atom. The van der Waals surface area contributed by atoms with E-state index in [2.05, 4.69) is 12.2 Å². The standard InChI is InChI=1S/C16H25NO4/c1-16(6-8-21-9-7-16)17-11-14(18)13-10-12(19-2)4-5-15(13)20-3/h4-5,10,14,17-18H,6-9,11H2,1-3H3. The molecule has 2 rings (SSSR count). The molecule has 118 valence electrons. The van der Waals surface area contributed by atoms with Crippen LogP contribution < -0.4 is 14.8 Å². The summed E-state index contributed by atoms with van der Waals surface area (Å²) >= 11 is 0. The van der Waals surface area contributed by atoms with Crippen molar-refractivity contribution in [2.75, 3.05) is 34.0 Å². The van der Waals surface area contributed by atoms with Gasteiger partial charge in [0, 0.05) is 30.9 Å². The van der Waals surface area contributed by atoms with Crippen LogP contribution in [0.4, 0.5) is 0 Å². The van der Waals surface area contributed by atoms with Gasteiger partial charge in [0.15, 0.2) is 0 Å². The van der Waals surface area contributed by atoms with E-state index in [1.54, 1.807) is 14.2 Å². The summed E-state index contributed by atoms with van der Waals surface area (Å²) in [4.78, 5) is 0. The van der Waals surface area contributed by atoms with Gasteiger partial charge in [-0.15, -0.1) is 0 Å². The second-order valence-corrected chi connectivity index (χ2v) is 5.68. The third-order valence-corrected chi connectivity index (χ3v) is 4.11. The maximum absolute atomic E-state index is 10.5. The van der Waals surface area contributed by atoms with E-state index in [0.29, 0.717) is 18.0 Å². The molecule has 0 spiro atoms. The van der Waals surface area contributed by atoms with Crippen LogP contribution in [-0.4, -0.2) is 44.6 Å². The van der Waals surface area contributed by atoms with Crippen LogP contribution in [0.3, 0.4) is 0 Å². The number of hydrogen-bond donors (Lipinski definition) is 2. The zero-order valence-corrected chi connectivity index (χ0v) is 13.0. The van der Waals surface area contributed by atoms with Gasteiger partial charge in [-0.25, -0.2) is 0 Å². The van der Waals surface area contributed by atoms with Crippen molar-refractivity contribution in [2.24, 2.45) is 0 Å². The molecule has 0 radical (unpaired) electrons. The lowest BCUT2D eigenvalue weighted by Gasteiger charge is -2.35. The van der Waals surface area contributed by atoms with Crippen molar-refractivity contribution in [2.45, 2.75) is 31.4 Å². The Kier molecular flexibility index (Phi) is 5.45. The van der Waals surface area contributed by atoms with Crippen molar-refractivity contribution in [3.8, 4) is 11.5 Å². The Hall–Kier alpha value is -1.30. The molecule has 1 aromatic rings. The van der Waals surface area contributed by atoms with Crippen LogP contribution >= 0.6 is 0 Å². The number of β-amino-alcohol motifs (C(OH)–C–C–N with tert-alkyl or cyclic N) is 1. The highest BCUT2D eigenvalue weighted by Gasteiger charge is 2.28. The summed E-state index contributed by atoms with van der Waals surface area (Å²) in [5.74, 6) is 1.38. The molecule has 1 aliphatic heterocycles. The number of aliphatic hydroxyl groups excluding tert-OH is 1. The molecular weight excluding hydrogens is 270 g/mol. The third kappa shape index (κ3) is 4.09. The monoisotopic (exact) mass is 295 g/mol. The summed E-state index contributed by atoms with van der Waals surface area (Å²) in [7, 11) is 3.21. The lowest BCUT2D eigenvalue weighted by Crippen LogP contribution is -2.48. The number of nitrogens with one attached hydrogen (secondary N) is 1. The predicted octanol–water partition coefficient (Wildman–Crippen LogP) is 1.90. The van der Waals surface area contributed by atoms with Crippen LogP contribution in [0.25, 0.3) is 0 Å². The highest BCUT2D eigenvalue weighted by Crippen LogP contribution is 2.30. The van der Waals surface area contributed by atoms with Crippen LogP contribution in [0.15, 0.2) is 18.2 Å². The summed E-state index contributed by atoms with van der Waals surface area (Å²) in [6.45, 7) is 4.18. The minimum Gasteiger partial charge on any atom is -0.497 e. The van der Waals surface area contributed by atoms with Gasteiger partial charge in [-0.2, -0.15) is 0 Å². The van der Waals surface area contributed by atoms with Crippen LogP contribution in [0.2, 0.25) is 0 Å². The Balaban J connectivity index is 2.03. The van der Waals surface area contributed by atoms with Gasteiger partial charge in [0.25, 0.3) is 0 Å². The topological polar surface area (TPSA) is 60.0 Å². The van der Waals surface area contributed by atoms with Gasteiger partial charge >= 0.3 is 0 Å². The highest BCUT2D eigenvalue weighted by molar-refractivity contribution is 5.41. The lowest BCUT2D eigenvalue weighted by atomic mass is 9.92. The maximum Gasteiger partial charge on any atom is 0.124 e. The van der Waals surface area contributed by atoms with E-state index in [1.807, 2.05) is 18.2 Å². The van der Waals surface area contributed by atoms with Crippen molar-refractivity contribution >= 4 is 0 Å². The molecule has 1 saturated heterocycles. The molecular formula is C16H25NO4. The van der Waals surface area contributed by atoms with Crippen LogP contribution in [0.5, 0.6) is 11.5 Å². The molecule has 5 heteroatoms. The van der Waals surface area contributed by atoms with Gasteiger partial charge in [0.2, 0.25) is 0 Å². The summed E-state index contributed by atoms with van der Waals surface area (Å²) in [5, 5.41) is 13.9. The van der Waals surface area contributed by atoms with Gasteiger partial charge in [0.1, 0.15) is 11.5 Å². The SMILES string of the molecule is COc1ccc(OC)c(C(O)CNC2(C)CCOCC2)c1. The van der Waals surface area contributed by atoms with Crippen LogP contribution in [0.1, 0.15) is 31.4 Å². The first-order valence-corrected chi connectivity index (χ1v) is 7.31. The molecule has 1 heterocycles. The number of ether oxygens (including phenoxy) is 3. The second kappa shape index (κ2) is 7.11. The fourth-order valence-electron chi connectivity index (χ4n) is 2.55. The Labute approximate surface area is 126 Å². The Morgan fingerprint density at radius 2 is 2.00 bits per heavy atom. The minimum atomic E-state index is -0.644. The van der Waals surface area contributed by atoms with Gasteiger partial charge in [-0.1, -0.05) is 0 Å². The van der Waals surface area contributed by atoms with Crippen LogP contribution in [0, 0.1) is 0 Å². The molecule has 21 heavy (non-hydrogen) atoms. The first-order valence-electron chi connectivity index (χ1n) is 7.31. The van der Waals surface area contributed by atoms with Gasteiger partial charge in [0.05, 0.1) is 20.3 Å². The third-order valence-electron chi connectivity index (χ3n) is 4.11. The minimum absolute atomic E-state index is 0.0192. The van der Waals surface area contributed by atoms with E-state index < -0.39 is 6.10 Å². The normalized spacial score (nSPS) is 19.0. The molecule has 5 nitrogen and oxygen atoms in total. The van der Waals surface area contributed by atoms with Crippen molar-refractivity contribution in [3.05, 3.63) is 23.8 Å². The number of aliphatic hydroxyl groups is 1. The van der Waals surface area contributed by atoms with Gasteiger partial charge in [-0.3, -0.25) is 0 Å². The Morgan fingerprint density at radius 3 is 2.62 bits per heavy atom. The molecule has 0 aliphatic carbocycles. The molecule has 1 fully saturated rings. The molecule has 0 bridgehead atoms. The van der Waals surface area contributed by atoms with Gasteiger partial charge < -0.3 is 24.6 Å². The largest absolute Gasteiger partial charge is 0.497 e. The van der Waals surface area contributed by atoms with Crippen molar-refractivity contribution in [1.82, 2.24) is 5.32 Å². The van der Waals surface area contributed by atoms with Gasteiger partial charge in [-0.05, 0) is 38.0 Å². The number of benzene rings is 1. The Bertz CT molecular complexity index is 458. The zero-order valence-electron chi connectivity index (χ0n) is 13.0. The predicted molar refractivity (Wildman–Crippen MR) is 81.0 cm³/mol. The van der Waals surface area contributed by atoms with E-state index >= 15 is 0 Å². The van der Waals surface area contributed by atoms with E-state index in [4.69, 9.17) is 14.2 Å². The molecule has 1 atom stereocenters. The average Bonchev–Trinajstić information content (AvgIpc) is 2.52. The zero-order chi connectivity index (χ0) is 15.3. The summed E-state index contributed by atoms with van der Waals surface area (Å²) in [5.41, 5.74) is 0.755. The second-order valence-electron chi connectivity index (χ2n) is 5.68. The molecule has 0 aromatic heterocycles. The molecule has 0 amide bonds. The molecule has 1 aliphatic rings. The van der Waals surface area contributed by atoms with Crippen molar-refractivity contribution < 1.29 is 19.3 Å². The first kappa shape index (κ1) is 16.1. The smallest absolute Gasteiger partial charge is 0.124 e. The first-order chi connectivity index (χ1) is 10.1. The number of methoxy groups -OCH3 is 2. The average molecular weight is 295 g/mol. The fraction of sp³-hybridized carbons (Fsp3) is 0.625. The summed E-state index contributed by atoms with van der Waals surface area (Å²) in [6, 6.07) is 5.45. The fourth-order valence-corrected chi connectivity index (χ4v) is 2.55. The molecule has 2 N–H and O–H groups in total. The van der Waals surface area contributed by atoms with Crippen molar-refractivity contribution in [3.63, 3.8) is 0 Å². The van der Waals surface area contributed by atoms with E-state index in [1.165, 1.54) is 0 Å². The quantitative estimate of drug-likeness (QED) is 0.839. The van der Waals surface area contributed by atoms with Crippen LogP contribution in [-0.2, 0) is 4.74 Å². The highest BCUT2D eigenvalue weighted by atomic mass is 16.5. The molecule has 0 saturated carbocycles. The lowest BCUT2D eigenvalue weighted by molar-refractivity contribution is 0.0386. The molecule has 1 aromatic carbocycles. The summed E-state index contributed by atoms with van der Waals surface area (Å²) < 4.78 is 15.9. The van der Waals surface area contributed by atoms with E-state index in [9.17, 15) is 5.11 Å². The number of hydrogen-bond acceptors (Lipinski definition) is 5. The number of rotatable bonds is 6. The van der Waals surface area contributed by atoms with Crippen molar-refractivity contribution in [1.29, 1.82) is 0 Å². The molecule has 1 unspecified atom stereocenters.